The van der Waals surface area contributed by atoms with Crippen molar-refractivity contribution in [1.82, 2.24) is 24.2 Å². The van der Waals surface area contributed by atoms with Crippen molar-refractivity contribution in [3.63, 3.8) is 0 Å². The standard InChI is InChI=1S/C23H24F3N5O2/c1-15-7-10-31(28-15)19-13-30(21(33)27-20(19)32)9-2-8-29-12-18-11-22(18,14-29)16-3-5-17(6-4-16)23(24,25)26/h3-7,10,13,18H,2,8-9,11-12,14H2,1H3,(H,27,32,33)/t18-,22+/m0/s1. The Labute approximate surface area is 187 Å². The first kappa shape index (κ1) is 21.7. The van der Waals surface area contributed by atoms with Gasteiger partial charge in [-0.2, -0.15) is 18.3 Å². The molecule has 33 heavy (non-hydrogen) atoms. The third-order valence-electron chi connectivity index (χ3n) is 6.84. The molecule has 3 aromatic rings. The molecule has 1 saturated heterocycles. The number of piperidine rings is 1. The Morgan fingerprint density at radius 2 is 1.91 bits per heavy atom. The lowest BCUT2D eigenvalue weighted by Gasteiger charge is -2.21. The molecule has 5 rings (SSSR count). The molecule has 1 aliphatic carbocycles. The van der Waals surface area contributed by atoms with Crippen LogP contribution in [0, 0.1) is 12.8 Å². The zero-order valence-electron chi connectivity index (χ0n) is 18.1. The van der Waals surface area contributed by atoms with Gasteiger partial charge in [0.2, 0.25) is 0 Å². The number of halogens is 3. The highest BCUT2D eigenvalue weighted by atomic mass is 19.4. The molecule has 0 bridgehead atoms. The van der Waals surface area contributed by atoms with Gasteiger partial charge >= 0.3 is 11.9 Å². The number of aromatic amines is 1. The summed E-state index contributed by atoms with van der Waals surface area (Å²) in [5, 5.41) is 4.23. The molecule has 2 aromatic heterocycles. The SMILES string of the molecule is Cc1ccn(-c2cn(CCCN3C[C@@H]4C[C@]4(c4ccc(C(F)(F)F)cc4)C3)c(=O)[nH]c2=O)n1. The van der Waals surface area contributed by atoms with Gasteiger partial charge in [0, 0.05) is 37.4 Å². The summed E-state index contributed by atoms with van der Waals surface area (Å²) in [6.45, 7) is 4.73. The van der Waals surface area contributed by atoms with Gasteiger partial charge in [0.1, 0.15) is 5.69 Å². The molecule has 2 aliphatic rings. The second-order valence-corrected chi connectivity index (χ2v) is 9.09. The van der Waals surface area contributed by atoms with E-state index in [1.165, 1.54) is 27.6 Å². The van der Waals surface area contributed by atoms with Crippen molar-refractivity contribution in [3.05, 3.63) is 80.4 Å². The van der Waals surface area contributed by atoms with Crippen molar-refractivity contribution in [1.29, 1.82) is 0 Å². The number of likely N-dealkylation sites (tertiary alicyclic amines) is 1. The maximum atomic E-state index is 12.9. The molecule has 0 amide bonds. The maximum Gasteiger partial charge on any atom is 0.416 e. The summed E-state index contributed by atoms with van der Waals surface area (Å²) in [4.78, 5) is 29.1. The molecule has 1 saturated carbocycles. The van der Waals surface area contributed by atoms with Crippen LogP contribution < -0.4 is 11.2 Å². The molecule has 174 valence electrons. The van der Waals surface area contributed by atoms with Crippen molar-refractivity contribution >= 4 is 0 Å². The number of nitrogens with one attached hydrogen (secondary N) is 1. The van der Waals surface area contributed by atoms with Crippen molar-refractivity contribution in [2.75, 3.05) is 19.6 Å². The molecule has 1 aliphatic heterocycles. The van der Waals surface area contributed by atoms with Crippen molar-refractivity contribution < 1.29 is 13.2 Å². The van der Waals surface area contributed by atoms with Gasteiger partial charge in [-0.3, -0.25) is 14.3 Å². The van der Waals surface area contributed by atoms with Crippen molar-refractivity contribution in [2.24, 2.45) is 5.92 Å². The van der Waals surface area contributed by atoms with E-state index in [2.05, 4.69) is 15.0 Å². The molecule has 0 unspecified atom stereocenters. The van der Waals surface area contributed by atoms with Crippen LogP contribution in [0.1, 0.15) is 29.7 Å². The predicted molar refractivity (Wildman–Crippen MR) is 115 cm³/mol. The molecular formula is C23H24F3N5O2. The van der Waals surface area contributed by atoms with Crippen LogP contribution in [0.2, 0.25) is 0 Å². The third-order valence-corrected chi connectivity index (χ3v) is 6.84. The van der Waals surface area contributed by atoms with E-state index in [0.29, 0.717) is 18.9 Å². The fraction of sp³-hybridized carbons (Fsp3) is 0.435. The minimum Gasteiger partial charge on any atom is -0.302 e. The van der Waals surface area contributed by atoms with E-state index in [1.54, 1.807) is 24.4 Å². The van der Waals surface area contributed by atoms with Crippen LogP contribution in [0.5, 0.6) is 0 Å². The highest BCUT2D eigenvalue weighted by molar-refractivity contribution is 5.39. The third kappa shape index (κ3) is 4.03. The highest BCUT2D eigenvalue weighted by Gasteiger charge is 2.60. The first-order valence-corrected chi connectivity index (χ1v) is 10.9. The Hall–Kier alpha value is -3.14. The Bertz CT molecular complexity index is 1290. The topological polar surface area (TPSA) is 75.9 Å². The predicted octanol–water partition coefficient (Wildman–Crippen LogP) is 2.71. The minimum atomic E-state index is -4.32. The van der Waals surface area contributed by atoms with E-state index in [-0.39, 0.29) is 11.1 Å². The van der Waals surface area contributed by atoms with E-state index >= 15 is 0 Å². The molecule has 0 radical (unpaired) electrons. The van der Waals surface area contributed by atoms with Crippen LogP contribution in [0.15, 0.2) is 52.3 Å². The molecular weight excluding hydrogens is 435 g/mol. The summed E-state index contributed by atoms with van der Waals surface area (Å²) >= 11 is 0. The molecule has 2 atom stereocenters. The van der Waals surface area contributed by atoms with Gasteiger partial charge in [0.25, 0.3) is 5.56 Å². The van der Waals surface area contributed by atoms with E-state index < -0.39 is 23.0 Å². The average molecular weight is 459 g/mol. The number of aryl methyl sites for hydroxylation is 2. The summed E-state index contributed by atoms with van der Waals surface area (Å²) in [6, 6.07) is 7.35. The lowest BCUT2D eigenvalue weighted by Crippen LogP contribution is -2.33. The fourth-order valence-corrected chi connectivity index (χ4v) is 5.04. The van der Waals surface area contributed by atoms with Crippen LogP contribution in [0.3, 0.4) is 0 Å². The van der Waals surface area contributed by atoms with Crippen molar-refractivity contribution in [2.45, 2.75) is 37.9 Å². The molecule has 7 nitrogen and oxygen atoms in total. The zero-order valence-corrected chi connectivity index (χ0v) is 18.1. The molecule has 3 heterocycles. The first-order chi connectivity index (χ1) is 15.7. The number of hydrogen-bond donors (Lipinski definition) is 1. The van der Waals surface area contributed by atoms with Gasteiger partial charge in [0.15, 0.2) is 0 Å². The molecule has 1 aromatic carbocycles. The quantitative estimate of drug-likeness (QED) is 0.615. The summed E-state index contributed by atoms with van der Waals surface area (Å²) in [7, 11) is 0. The second kappa shape index (κ2) is 7.72. The largest absolute Gasteiger partial charge is 0.416 e. The van der Waals surface area contributed by atoms with E-state index in [1.807, 2.05) is 6.92 Å². The number of rotatable bonds is 6. The van der Waals surface area contributed by atoms with E-state index in [4.69, 9.17) is 0 Å². The summed E-state index contributed by atoms with van der Waals surface area (Å²) in [5.41, 5.74) is 0.401. The van der Waals surface area contributed by atoms with Gasteiger partial charge in [-0.25, -0.2) is 9.48 Å². The van der Waals surface area contributed by atoms with E-state index in [0.717, 1.165) is 37.3 Å². The Balaban J connectivity index is 1.22. The number of benzene rings is 1. The van der Waals surface area contributed by atoms with Crippen LogP contribution >= 0.6 is 0 Å². The number of alkyl halides is 3. The van der Waals surface area contributed by atoms with Gasteiger partial charge in [-0.15, -0.1) is 0 Å². The summed E-state index contributed by atoms with van der Waals surface area (Å²) < 4.78 is 41.5. The second-order valence-electron chi connectivity index (χ2n) is 9.09. The monoisotopic (exact) mass is 459 g/mol. The van der Waals surface area contributed by atoms with Crippen LogP contribution in [-0.2, 0) is 18.1 Å². The Morgan fingerprint density at radius 1 is 1.15 bits per heavy atom. The normalized spacial score (nSPS) is 22.5. The van der Waals surface area contributed by atoms with Crippen molar-refractivity contribution in [3.8, 4) is 5.69 Å². The van der Waals surface area contributed by atoms with Crippen LogP contribution in [0.4, 0.5) is 13.2 Å². The number of hydrogen-bond acceptors (Lipinski definition) is 4. The average Bonchev–Trinajstić information content (AvgIpc) is 3.09. The summed E-state index contributed by atoms with van der Waals surface area (Å²) in [5.74, 6) is 0.458. The zero-order chi connectivity index (χ0) is 23.4. The van der Waals surface area contributed by atoms with Gasteiger partial charge in [-0.05, 0) is 56.0 Å². The molecule has 10 heteroatoms. The molecule has 1 N–H and O–H groups in total. The van der Waals surface area contributed by atoms with E-state index in [9.17, 15) is 22.8 Å². The lowest BCUT2D eigenvalue weighted by atomic mass is 9.94. The maximum absolute atomic E-state index is 12.9. The van der Waals surface area contributed by atoms with Gasteiger partial charge in [-0.1, -0.05) is 12.1 Å². The number of H-pyrrole nitrogens is 1. The van der Waals surface area contributed by atoms with Gasteiger partial charge in [0.05, 0.1) is 11.3 Å². The fourth-order valence-electron chi connectivity index (χ4n) is 5.04. The molecule has 0 spiro atoms. The number of fused-ring (bicyclic) bond motifs is 1. The Kier molecular flexibility index (Phi) is 5.08. The molecule has 2 fully saturated rings. The van der Waals surface area contributed by atoms with Crippen LogP contribution in [0.25, 0.3) is 5.69 Å². The number of aromatic nitrogens is 4. The van der Waals surface area contributed by atoms with Crippen LogP contribution in [-0.4, -0.2) is 43.9 Å². The lowest BCUT2D eigenvalue weighted by molar-refractivity contribution is -0.137. The minimum absolute atomic E-state index is 0.0515. The van der Waals surface area contributed by atoms with Gasteiger partial charge < -0.3 is 4.90 Å². The highest BCUT2D eigenvalue weighted by Crippen LogP contribution is 2.59. The Morgan fingerprint density at radius 3 is 2.58 bits per heavy atom. The first-order valence-electron chi connectivity index (χ1n) is 10.9. The number of nitrogens with zero attached hydrogens (tertiary/aromatic N) is 4. The smallest absolute Gasteiger partial charge is 0.302 e. The summed E-state index contributed by atoms with van der Waals surface area (Å²) in [6.07, 6.45) is 0.585.